The van der Waals surface area contributed by atoms with Gasteiger partial charge in [-0.15, -0.1) is 18.3 Å². The molecule has 0 bridgehead atoms. The second kappa shape index (κ2) is 12.5. The lowest BCUT2D eigenvalue weighted by Crippen LogP contribution is -2.52. The minimum Gasteiger partial charge on any atom is -0.322 e. The van der Waals surface area contributed by atoms with Crippen LogP contribution in [0.1, 0.15) is 73.0 Å². The van der Waals surface area contributed by atoms with Crippen molar-refractivity contribution in [2.75, 3.05) is 0 Å². The van der Waals surface area contributed by atoms with Crippen molar-refractivity contribution < 1.29 is 14.4 Å². The molecule has 9 heteroatoms. The quantitative estimate of drug-likeness (QED) is 0.163. The maximum atomic E-state index is 13.1. The molecule has 1 fully saturated rings. The first-order valence-electron chi connectivity index (χ1n) is 12.9. The molecule has 2 aromatic carbocycles. The molecule has 1 unspecified atom stereocenters. The third kappa shape index (κ3) is 6.11. The number of hydrogen-bond donors (Lipinski definition) is 2. The van der Waals surface area contributed by atoms with Crippen LogP contribution < -0.4 is 10.6 Å². The fourth-order valence-electron chi connectivity index (χ4n) is 5.14. The third-order valence-electron chi connectivity index (χ3n) is 7.68. The van der Waals surface area contributed by atoms with Crippen LogP contribution in [0, 0.1) is 0 Å². The number of hydrogen-bond acceptors (Lipinski definition) is 5. The van der Waals surface area contributed by atoms with Crippen molar-refractivity contribution in [3.63, 3.8) is 0 Å². The average molecular weight is 663 g/mol. The molecular formula is C29H33Br2N3O3S. The van der Waals surface area contributed by atoms with E-state index < -0.39 is 6.04 Å². The molecule has 38 heavy (non-hydrogen) atoms. The highest BCUT2D eigenvalue weighted by Crippen LogP contribution is 2.37. The van der Waals surface area contributed by atoms with Gasteiger partial charge in [-0.05, 0) is 66.6 Å². The van der Waals surface area contributed by atoms with Crippen LogP contribution in [0.25, 0.3) is 0 Å². The van der Waals surface area contributed by atoms with E-state index in [2.05, 4.69) is 75.1 Å². The van der Waals surface area contributed by atoms with Crippen LogP contribution in [0.2, 0.25) is 0 Å². The molecule has 0 aromatic heterocycles. The zero-order chi connectivity index (χ0) is 27.4. The molecule has 6 nitrogen and oxygen atoms in total. The number of nitrogens with zero attached hydrogens (tertiary/aromatic N) is 1. The zero-order valence-corrected chi connectivity index (χ0v) is 25.7. The summed E-state index contributed by atoms with van der Waals surface area (Å²) in [5, 5.41) is 6.12. The molecule has 0 spiro atoms. The number of amides is 3. The summed E-state index contributed by atoms with van der Waals surface area (Å²) in [5.41, 5.74) is 3.97. The van der Waals surface area contributed by atoms with Crippen LogP contribution in [0.3, 0.4) is 0 Å². The maximum absolute atomic E-state index is 13.1. The summed E-state index contributed by atoms with van der Waals surface area (Å²) in [6.45, 7) is 9.49. The van der Waals surface area contributed by atoms with E-state index in [1.165, 1.54) is 5.56 Å². The standard InChI is InChI=1S/C29H33Br2N3O3S/c1-4-12-29(5-2,6-3)32-15-18-13-23(31)19(14-22(18)30)17-38-25-9-7-8-20-21(25)16-34(28(20)37)24-10-11-26(35)33-27(24)36/h4,7-9,13-14,24,32H,1,5-6,10-12,15-17H2,2-3H3,(H,33,35,36). The SMILES string of the molecule is C=CCC(CC)(CC)NCc1cc(Br)c(CSc2cccc3c2CN(C2CCC(=O)NC2=O)C3=O)cc1Br. The lowest BCUT2D eigenvalue weighted by molar-refractivity contribution is -0.136. The van der Waals surface area contributed by atoms with Gasteiger partial charge in [0.2, 0.25) is 11.8 Å². The number of carbonyl (C=O) groups is 3. The lowest BCUT2D eigenvalue weighted by atomic mass is 9.88. The molecule has 0 saturated carbocycles. The Hall–Kier alpha value is -1.94. The number of carbonyl (C=O) groups excluding carboxylic acids is 3. The first-order valence-corrected chi connectivity index (χ1v) is 15.5. The van der Waals surface area contributed by atoms with E-state index >= 15 is 0 Å². The van der Waals surface area contributed by atoms with Crippen molar-refractivity contribution in [1.29, 1.82) is 0 Å². The molecule has 1 atom stereocenters. The number of piperidine rings is 1. The highest BCUT2D eigenvalue weighted by molar-refractivity contribution is 9.11. The molecule has 3 amide bonds. The number of rotatable bonds is 11. The van der Waals surface area contributed by atoms with Gasteiger partial charge in [0.05, 0.1) is 0 Å². The molecule has 0 radical (unpaired) electrons. The molecule has 0 aliphatic carbocycles. The van der Waals surface area contributed by atoms with E-state index in [1.54, 1.807) is 16.7 Å². The summed E-state index contributed by atoms with van der Waals surface area (Å²) in [7, 11) is 0. The number of imide groups is 1. The van der Waals surface area contributed by atoms with Crippen molar-refractivity contribution in [3.05, 3.63) is 74.2 Å². The lowest BCUT2D eigenvalue weighted by Gasteiger charge is -2.32. The van der Waals surface area contributed by atoms with Gasteiger partial charge in [0.1, 0.15) is 6.04 Å². The van der Waals surface area contributed by atoms with Gasteiger partial charge in [0.15, 0.2) is 0 Å². The van der Waals surface area contributed by atoms with Crippen LogP contribution in [0.4, 0.5) is 0 Å². The molecule has 4 rings (SSSR count). The number of thioether (sulfide) groups is 1. The normalized spacial score (nSPS) is 17.5. The van der Waals surface area contributed by atoms with Gasteiger partial charge in [0, 0.05) is 50.2 Å². The summed E-state index contributed by atoms with van der Waals surface area (Å²) in [4.78, 5) is 39.7. The largest absolute Gasteiger partial charge is 0.322 e. The molecule has 2 aliphatic rings. The first kappa shape index (κ1) is 29.1. The van der Waals surface area contributed by atoms with E-state index in [-0.39, 0.29) is 29.7 Å². The van der Waals surface area contributed by atoms with Crippen LogP contribution >= 0.6 is 43.6 Å². The van der Waals surface area contributed by atoms with Gasteiger partial charge in [0.25, 0.3) is 5.91 Å². The molecule has 202 valence electrons. The van der Waals surface area contributed by atoms with E-state index in [1.807, 2.05) is 24.3 Å². The van der Waals surface area contributed by atoms with Crippen LogP contribution in [-0.2, 0) is 28.4 Å². The summed E-state index contributed by atoms with van der Waals surface area (Å²) in [6.07, 6.45) is 5.60. The first-order chi connectivity index (χ1) is 18.2. The Labute approximate surface area is 245 Å². The van der Waals surface area contributed by atoms with Crippen molar-refractivity contribution in [3.8, 4) is 0 Å². The monoisotopic (exact) mass is 661 g/mol. The second-order valence-electron chi connectivity index (χ2n) is 9.84. The van der Waals surface area contributed by atoms with E-state index in [4.69, 9.17) is 0 Å². The van der Waals surface area contributed by atoms with Crippen molar-refractivity contribution >= 4 is 61.3 Å². The Balaban J connectivity index is 1.46. The maximum Gasteiger partial charge on any atom is 0.255 e. The van der Waals surface area contributed by atoms with E-state index in [0.717, 1.165) is 56.5 Å². The highest BCUT2D eigenvalue weighted by atomic mass is 79.9. The van der Waals surface area contributed by atoms with Crippen molar-refractivity contribution in [2.24, 2.45) is 0 Å². The van der Waals surface area contributed by atoms with Crippen LogP contribution in [0.15, 0.2) is 56.8 Å². The highest BCUT2D eigenvalue weighted by Gasteiger charge is 2.39. The Morgan fingerprint density at radius 3 is 2.55 bits per heavy atom. The van der Waals surface area contributed by atoms with Gasteiger partial charge >= 0.3 is 0 Å². The molecule has 2 N–H and O–H groups in total. The number of nitrogens with one attached hydrogen (secondary N) is 2. The smallest absolute Gasteiger partial charge is 0.255 e. The van der Waals surface area contributed by atoms with Gasteiger partial charge in [-0.25, -0.2) is 0 Å². The molecule has 2 heterocycles. The molecular weight excluding hydrogens is 630 g/mol. The van der Waals surface area contributed by atoms with Crippen LogP contribution in [-0.4, -0.2) is 34.2 Å². The number of benzene rings is 2. The Bertz CT molecular complexity index is 1260. The van der Waals surface area contributed by atoms with Gasteiger partial charge in [-0.1, -0.05) is 57.8 Å². The topological polar surface area (TPSA) is 78.5 Å². The molecule has 2 aliphatic heterocycles. The minimum absolute atomic E-state index is 0.0506. The zero-order valence-electron chi connectivity index (χ0n) is 21.7. The van der Waals surface area contributed by atoms with E-state index in [0.29, 0.717) is 18.5 Å². The van der Waals surface area contributed by atoms with Crippen LogP contribution in [0.5, 0.6) is 0 Å². The summed E-state index contributed by atoms with van der Waals surface area (Å²) < 4.78 is 2.10. The summed E-state index contributed by atoms with van der Waals surface area (Å²) >= 11 is 9.23. The number of halogens is 2. The number of fused-ring (bicyclic) bond motifs is 1. The average Bonchev–Trinajstić information content (AvgIpc) is 3.24. The third-order valence-corrected chi connectivity index (χ3v) is 10.3. The Kier molecular flexibility index (Phi) is 9.55. The summed E-state index contributed by atoms with van der Waals surface area (Å²) in [5.74, 6) is -0.0960. The van der Waals surface area contributed by atoms with Gasteiger partial charge < -0.3 is 10.2 Å². The predicted molar refractivity (Wildman–Crippen MR) is 159 cm³/mol. The minimum atomic E-state index is -0.609. The Morgan fingerprint density at radius 1 is 1.16 bits per heavy atom. The van der Waals surface area contributed by atoms with Crippen molar-refractivity contribution in [2.45, 2.75) is 81.3 Å². The fraction of sp³-hybridized carbons (Fsp3) is 0.414. The fourth-order valence-corrected chi connectivity index (χ4v) is 7.46. The van der Waals surface area contributed by atoms with Crippen molar-refractivity contribution in [1.82, 2.24) is 15.5 Å². The second-order valence-corrected chi connectivity index (χ2v) is 12.6. The van der Waals surface area contributed by atoms with E-state index in [9.17, 15) is 14.4 Å². The van der Waals surface area contributed by atoms with Gasteiger partial charge in [-0.2, -0.15) is 0 Å². The predicted octanol–water partition coefficient (Wildman–Crippen LogP) is 6.49. The molecule has 1 saturated heterocycles. The summed E-state index contributed by atoms with van der Waals surface area (Å²) in [6, 6.07) is 9.46. The van der Waals surface area contributed by atoms with Gasteiger partial charge in [-0.3, -0.25) is 19.7 Å². The Morgan fingerprint density at radius 2 is 1.87 bits per heavy atom. The molecule has 2 aromatic rings.